The van der Waals surface area contributed by atoms with Crippen LogP contribution in [0.2, 0.25) is 0 Å². The Bertz CT molecular complexity index is 494. The first kappa shape index (κ1) is 9.83. The number of carbonyl (C=O) groups is 1. The van der Waals surface area contributed by atoms with Gasteiger partial charge in [-0.1, -0.05) is 44.2 Å². The van der Waals surface area contributed by atoms with Crippen molar-refractivity contribution in [1.82, 2.24) is 0 Å². The highest BCUT2D eigenvalue weighted by molar-refractivity contribution is 5.92. The van der Waals surface area contributed by atoms with E-state index in [-0.39, 0.29) is 11.3 Å². The van der Waals surface area contributed by atoms with Gasteiger partial charge in [-0.25, -0.2) is 0 Å². The van der Waals surface area contributed by atoms with Gasteiger partial charge in [0.1, 0.15) is 5.78 Å². The van der Waals surface area contributed by atoms with Crippen molar-refractivity contribution in [2.75, 3.05) is 0 Å². The first-order valence-electron chi connectivity index (χ1n) is 5.91. The van der Waals surface area contributed by atoms with Crippen LogP contribution in [0.15, 0.2) is 30.4 Å². The molecule has 16 heavy (non-hydrogen) atoms. The number of Topliss-reactive ketones (excluding diaryl/α,β-unsaturated/α-hetero) is 1. The number of allylic oxidation sites excluding steroid dienone is 2. The lowest BCUT2D eigenvalue weighted by Gasteiger charge is -2.37. The summed E-state index contributed by atoms with van der Waals surface area (Å²) in [7, 11) is 0. The van der Waals surface area contributed by atoms with Crippen LogP contribution in [-0.2, 0) is 16.6 Å². The molecule has 0 aliphatic heterocycles. The standard InChI is InChI=1S/C15H16O/c1-15(2)9-13(16)11-7-3-5-10-6-4-8-12(15)14(10)11/h3-4,6-8,11H,5,9H2,1-2H3. The van der Waals surface area contributed by atoms with E-state index in [0.29, 0.717) is 12.2 Å². The fourth-order valence-corrected chi connectivity index (χ4v) is 3.08. The normalized spacial score (nSPS) is 25.4. The van der Waals surface area contributed by atoms with E-state index in [4.69, 9.17) is 0 Å². The van der Waals surface area contributed by atoms with E-state index in [1.54, 1.807) is 0 Å². The molecule has 0 aromatic heterocycles. The van der Waals surface area contributed by atoms with Crippen molar-refractivity contribution in [3.8, 4) is 0 Å². The molecule has 0 saturated carbocycles. The Hall–Kier alpha value is -1.37. The van der Waals surface area contributed by atoms with Crippen LogP contribution >= 0.6 is 0 Å². The monoisotopic (exact) mass is 212 g/mol. The molecule has 1 heteroatoms. The van der Waals surface area contributed by atoms with Gasteiger partial charge in [0.15, 0.2) is 0 Å². The van der Waals surface area contributed by atoms with E-state index in [1.807, 2.05) is 0 Å². The molecule has 0 fully saturated rings. The average Bonchev–Trinajstić information content (AvgIpc) is 2.25. The Labute approximate surface area is 96.2 Å². The minimum Gasteiger partial charge on any atom is -0.299 e. The molecule has 1 unspecified atom stereocenters. The van der Waals surface area contributed by atoms with Gasteiger partial charge >= 0.3 is 0 Å². The van der Waals surface area contributed by atoms with Gasteiger partial charge in [-0.2, -0.15) is 0 Å². The van der Waals surface area contributed by atoms with Crippen LogP contribution in [0.25, 0.3) is 0 Å². The molecular formula is C15H16O. The zero-order valence-electron chi connectivity index (χ0n) is 9.79. The van der Waals surface area contributed by atoms with Crippen LogP contribution in [0.4, 0.5) is 0 Å². The Kier molecular flexibility index (Phi) is 1.88. The third kappa shape index (κ3) is 1.21. The topological polar surface area (TPSA) is 17.1 Å². The predicted octanol–water partition coefficient (Wildman–Crippen LogP) is 3.13. The molecule has 1 atom stereocenters. The lowest BCUT2D eigenvalue weighted by atomic mass is 9.65. The van der Waals surface area contributed by atoms with Crippen molar-refractivity contribution >= 4 is 5.78 Å². The molecule has 1 aromatic carbocycles. The molecule has 0 bridgehead atoms. The summed E-state index contributed by atoms with van der Waals surface area (Å²) in [4.78, 5) is 12.1. The van der Waals surface area contributed by atoms with Crippen LogP contribution in [0.3, 0.4) is 0 Å². The molecule has 3 rings (SSSR count). The molecule has 2 aliphatic carbocycles. The number of hydrogen-bond acceptors (Lipinski definition) is 1. The van der Waals surface area contributed by atoms with Gasteiger partial charge in [-0.3, -0.25) is 4.79 Å². The highest BCUT2D eigenvalue weighted by Crippen LogP contribution is 2.44. The Morgan fingerprint density at radius 3 is 2.94 bits per heavy atom. The molecule has 2 aliphatic rings. The maximum Gasteiger partial charge on any atom is 0.145 e. The van der Waals surface area contributed by atoms with Gasteiger partial charge in [0.2, 0.25) is 0 Å². The number of rotatable bonds is 0. The predicted molar refractivity (Wildman–Crippen MR) is 64.7 cm³/mol. The summed E-state index contributed by atoms with van der Waals surface area (Å²) in [5.74, 6) is 0.411. The fraction of sp³-hybridized carbons (Fsp3) is 0.400. The second kappa shape index (κ2) is 3.07. The summed E-state index contributed by atoms with van der Waals surface area (Å²) >= 11 is 0. The van der Waals surface area contributed by atoms with Gasteiger partial charge in [0, 0.05) is 6.42 Å². The lowest BCUT2D eigenvalue weighted by Crippen LogP contribution is -2.34. The summed E-state index contributed by atoms with van der Waals surface area (Å²) < 4.78 is 0. The Morgan fingerprint density at radius 2 is 2.12 bits per heavy atom. The molecule has 0 saturated heterocycles. The average molecular weight is 212 g/mol. The summed E-state index contributed by atoms with van der Waals surface area (Å²) in [6, 6.07) is 6.48. The number of benzene rings is 1. The molecule has 0 spiro atoms. The Morgan fingerprint density at radius 1 is 1.31 bits per heavy atom. The zero-order valence-corrected chi connectivity index (χ0v) is 9.79. The number of hydrogen-bond donors (Lipinski definition) is 0. The van der Waals surface area contributed by atoms with Crippen molar-refractivity contribution in [1.29, 1.82) is 0 Å². The molecule has 1 aromatic rings. The van der Waals surface area contributed by atoms with Crippen LogP contribution in [-0.4, -0.2) is 5.78 Å². The quantitative estimate of drug-likeness (QED) is 0.604. The second-order valence-corrected chi connectivity index (χ2v) is 5.52. The van der Waals surface area contributed by atoms with Crippen molar-refractivity contribution < 1.29 is 4.79 Å². The molecule has 0 amide bonds. The first-order valence-corrected chi connectivity index (χ1v) is 5.91. The maximum atomic E-state index is 12.1. The van der Waals surface area contributed by atoms with Gasteiger partial charge < -0.3 is 0 Å². The number of ketones is 1. The summed E-state index contributed by atoms with van der Waals surface area (Å²) in [6.45, 7) is 4.35. The fourth-order valence-electron chi connectivity index (χ4n) is 3.08. The zero-order chi connectivity index (χ0) is 11.3. The third-order valence-electron chi connectivity index (χ3n) is 3.87. The van der Waals surface area contributed by atoms with Crippen molar-refractivity contribution in [2.45, 2.75) is 38.0 Å². The van der Waals surface area contributed by atoms with E-state index in [0.717, 1.165) is 6.42 Å². The van der Waals surface area contributed by atoms with E-state index in [9.17, 15) is 4.79 Å². The highest BCUT2D eigenvalue weighted by Gasteiger charge is 2.38. The maximum absolute atomic E-state index is 12.1. The first-order chi connectivity index (χ1) is 7.59. The minimum atomic E-state index is 0.00407. The molecule has 0 radical (unpaired) electrons. The lowest BCUT2D eigenvalue weighted by molar-refractivity contribution is -0.121. The SMILES string of the molecule is CC1(C)CC(=O)C2C=CCc3cccc1c32. The minimum absolute atomic E-state index is 0.00407. The molecular weight excluding hydrogens is 196 g/mol. The van der Waals surface area contributed by atoms with Gasteiger partial charge in [0.25, 0.3) is 0 Å². The van der Waals surface area contributed by atoms with E-state index >= 15 is 0 Å². The van der Waals surface area contributed by atoms with Crippen molar-refractivity contribution in [2.24, 2.45) is 0 Å². The second-order valence-electron chi connectivity index (χ2n) is 5.52. The molecule has 0 heterocycles. The van der Waals surface area contributed by atoms with E-state index < -0.39 is 0 Å². The van der Waals surface area contributed by atoms with Gasteiger partial charge in [0.05, 0.1) is 5.92 Å². The molecule has 0 N–H and O–H groups in total. The van der Waals surface area contributed by atoms with Crippen LogP contribution in [0.1, 0.15) is 42.9 Å². The Balaban J connectivity index is 2.30. The molecule has 82 valence electrons. The third-order valence-corrected chi connectivity index (χ3v) is 3.87. The van der Waals surface area contributed by atoms with Crippen LogP contribution in [0, 0.1) is 0 Å². The van der Waals surface area contributed by atoms with Crippen LogP contribution < -0.4 is 0 Å². The van der Waals surface area contributed by atoms with E-state index in [1.165, 1.54) is 16.7 Å². The summed E-state index contributed by atoms with van der Waals surface area (Å²) in [6.07, 6.45) is 5.86. The summed E-state index contributed by atoms with van der Waals surface area (Å²) in [5.41, 5.74) is 4.01. The number of carbonyl (C=O) groups excluding carboxylic acids is 1. The largest absolute Gasteiger partial charge is 0.299 e. The van der Waals surface area contributed by atoms with Crippen molar-refractivity contribution in [3.05, 3.63) is 47.0 Å². The van der Waals surface area contributed by atoms with Crippen molar-refractivity contribution in [3.63, 3.8) is 0 Å². The highest BCUT2D eigenvalue weighted by atomic mass is 16.1. The smallest absolute Gasteiger partial charge is 0.145 e. The van der Waals surface area contributed by atoms with Gasteiger partial charge in [-0.05, 0) is 28.5 Å². The molecule has 1 nitrogen and oxygen atoms in total. The van der Waals surface area contributed by atoms with Crippen LogP contribution in [0.5, 0.6) is 0 Å². The van der Waals surface area contributed by atoms with Gasteiger partial charge in [-0.15, -0.1) is 0 Å². The van der Waals surface area contributed by atoms with E-state index in [2.05, 4.69) is 44.2 Å². The summed E-state index contributed by atoms with van der Waals surface area (Å²) in [5, 5.41) is 0.